The van der Waals surface area contributed by atoms with E-state index in [1.165, 1.54) is 13.1 Å². The number of H-pyrrole nitrogens is 1. The summed E-state index contributed by atoms with van der Waals surface area (Å²) in [5.74, 6) is 0.187. The Morgan fingerprint density at radius 2 is 2.16 bits per heavy atom. The second kappa shape index (κ2) is 6.52. The van der Waals surface area contributed by atoms with Crippen molar-refractivity contribution < 1.29 is 4.79 Å². The second-order valence-corrected chi connectivity index (χ2v) is 6.08. The number of nitrogen functional groups attached to an aromatic ring is 1. The Hall–Kier alpha value is -2.93. The number of anilines is 2. The molecule has 3 aromatic rings. The first kappa shape index (κ1) is 16.9. The molecule has 3 rings (SSSR count). The van der Waals surface area contributed by atoms with Gasteiger partial charge in [0.25, 0.3) is 5.56 Å². The summed E-state index contributed by atoms with van der Waals surface area (Å²) in [4.78, 5) is 34.8. The smallest absolute Gasteiger partial charge is 0.257 e. The lowest BCUT2D eigenvalue weighted by molar-refractivity contribution is 0.101. The van der Waals surface area contributed by atoms with E-state index >= 15 is 0 Å². The molecule has 1 atom stereocenters. The first-order valence-electron chi connectivity index (χ1n) is 7.58. The number of rotatable bonds is 4. The minimum atomic E-state index is -0.330. The van der Waals surface area contributed by atoms with Gasteiger partial charge < -0.3 is 16.0 Å². The molecule has 0 bridgehead atoms. The molecular weight excluding hydrogens is 342 g/mol. The standard InChI is InChI=1S/C17H16ClN5O2/c1-8(21-15-11(9(2)24)7-20-17(19)23-15)13-6-10-4-3-5-12(18)14(10)16(25)22-13/h3-8H,1-2H3,(H,22,25)(H3,19,20,21,23)/t8-/m0/s1. The lowest BCUT2D eigenvalue weighted by Gasteiger charge is -2.17. The molecule has 0 spiro atoms. The van der Waals surface area contributed by atoms with Gasteiger partial charge in [0, 0.05) is 11.9 Å². The number of fused-ring (bicyclic) bond motifs is 1. The topological polar surface area (TPSA) is 114 Å². The first-order valence-corrected chi connectivity index (χ1v) is 7.96. The number of aromatic nitrogens is 3. The molecule has 128 valence electrons. The maximum absolute atomic E-state index is 12.3. The molecule has 0 fully saturated rings. The van der Waals surface area contributed by atoms with Gasteiger partial charge in [0.2, 0.25) is 5.95 Å². The number of carbonyl (C=O) groups is 1. The minimum Gasteiger partial charge on any atom is -0.368 e. The van der Waals surface area contributed by atoms with Gasteiger partial charge in [0.15, 0.2) is 5.78 Å². The predicted octanol–water partition coefficient (Wildman–Crippen LogP) is 2.93. The number of aromatic amines is 1. The van der Waals surface area contributed by atoms with Crippen LogP contribution in [0.25, 0.3) is 10.8 Å². The average molecular weight is 358 g/mol. The number of pyridine rings is 1. The summed E-state index contributed by atoms with van der Waals surface area (Å²) < 4.78 is 0. The number of nitrogens with two attached hydrogens (primary N) is 1. The first-order chi connectivity index (χ1) is 11.9. The van der Waals surface area contributed by atoms with Crippen molar-refractivity contribution in [3.8, 4) is 0 Å². The molecule has 25 heavy (non-hydrogen) atoms. The monoisotopic (exact) mass is 357 g/mol. The SMILES string of the molecule is CC(=O)c1cnc(N)nc1N[C@@H](C)c1cc2cccc(Cl)c2c(=O)[nH]1. The van der Waals surface area contributed by atoms with Crippen LogP contribution < -0.4 is 16.6 Å². The van der Waals surface area contributed by atoms with E-state index in [0.717, 1.165) is 5.39 Å². The van der Waals surface area contributed by atoms with Crippen LogP contribution >= 0.6 is 11.6 Å². The third-order valence-electron chi connectivity index (χ3n) is 3.85. The van der Waals surface area contributed by atoms with Gasteiger partial charge in [-0.2, -0.15) is 4.98 Å². The maximum atomic E-state index is 12.3. The number of Topliss-reactive ketones (excluding diaryl/α,β-unsaturated/α-hetero) is 1. The Bertz CT molecular complexity index is 1030. The summed E-state index contributed by atoms with van der Waals surface area (Å²) in [6, 6.07) is 6.77. The molecule has 0 radical (unpaired) electrons. The molecule has 1 aromatic carbocycles. The number of hydrogen-bond acceptors (Lipinski definition) is 6. The minimum absolute atomic E-state index is 0.0542. The van der Waals surface area contributed by atoms with Crippen LogP contribution in [0.2, 0.25) is 5.02 Å². The highest BCUT2D eigenvalue weighted by Gasteiger charge is 2.15. The van der Waals surface area contributed by atoms with E-state index in [1.54, 1.807) is 12.1 Å². The Labute approximate surface area is 148 Å². The molecule has 4 N–H and O–H groups in total. The molecule has 0 aliphatic heterocycles. The van der Waals surface area contributed by atoms with E-state index in [9.17, 15) is 9.59 Å². The molecule has 0 saturated carbocycles. The van der Waals surface area contributed by atoms with E-state index < -0.39 is 0 Å². The van der Waals surface area contributed by atoms with E-state index in [4.69, 9.17) is 17.3 Å². The van der Waals surface area contributed by atoms with Crippen molar-refractivity contribution in [1.29, 1.82) is 0 Å². The molecule has 2 aromatic heterocycles. The quantitative estimate of drug-likeness (QED) is 0.618. The Kier molecular flexibility index (Phi) is 4.41. The lowest BCUT2D eigenvalue weighted by Crippen LogP contribution is -2.18. The van der Waals surface area contributed by atoms with Crippen molar-refractivity contribution in [2.24, 2.45) is 0 Å². The van der Waals surface area contributed by atoms with Crippen LogP contribution in [0, 0.1) is 0 Å². The molecule has 0 unspecified atom stereocenters. The molecule has 0 aliphatic rings. The fourth-order valence-corrected chi connectivity index (χ4v) is 2.84. The number of hydrogen-bond donors (Lipinski definition) is 3. The lowest BCUT2D eigenvalue weighted by atomic mass is 10.1. The van der Waals surface area contributed by atoms with Crippen molar-refractivity contribution in [1.82, 2.24) is 15.0 Å². The van der Waals surface area contributed by atoms with Gasteiger partial charge in [-0.1, -0.05) is 23.7 Å². The Morgan fingerprint density at radius 1 is 1.40 bits per heavy atom. The number of carbonyl (C=O) groups excluding carboxylic acids is 1. The zero-order valence-corrected chi connectivity index (χ0v) is 14.4. The van der Waals surface area contributed by atoms with Crippen molar-refractivity contribution in [3.63, 3.8) is 0 Å². The van der Waals surface area contributed by atoms with Gasteiger partial charge in [-0.05, 0) is 31.4 Å². The summed E-state index contributed by atoms with van der Waals surface area (Å²) >= 11 is 6.09. The van der Waals surface area contributed by atoms with Crippen LogP contribution in [0.3, 0.4) is 0 Å². The summed E-state index contributed by atoms with van der Waals surface area (Å²) in [6.07, 6.45) is 1.38. The van der Waals surface area contributed by atoms with Gasteiger partial charge in [-0.3, -0.25) is 9.59 Å². The molecule has 0 amide bonds. The molecular formula is C17H16ClN5O2. The van der Waals surface area contributed by atoms with Crippen LogP contribution in [-0.4, -0.2) is 20.7 Å². The number of halogens is 1. The van der Waals surface area contributed by atoms with Crippen molar-refractivity contribution in [3.05, 3.63) is 57.1 Å². The summed E-state index contributed by atoms with van der Waals surface area (Å²) in [6.45, 7) is 3.26. The van der Waals surface area contributed by atoms with Crippen molar-refractivity contribution in [2.45, 2.75) is 19.9 Å². The van der Waals surface area contributed by atoms with Crippen molar-refractivity contribution in [2.75, 3.05) is 11.1 Å². The highest BCUT2D eigenvalue weighted by molar-refractivity contribution is 6.35. The molecule has 7 nitrogen and oxygen atoms in total. The fraction of sp³-hybridized carbons (Fsp3) is 0.176. The van der Waals surface area contributed by atoms with E-state index in [2.05, 4.69) is 20.3 Å². The molecule has 0 aliphatic carbocycles. The van der Waals surface area contributed by atoms with Gasteiger partial charge in [0.1, 0.15) is 5.82 Å². The van der Waals surface area contributed by atoms with Crippen LogP contribution in [-0.2, 0) is 0 Å². The van der Waals surface area contributed by atoms with Gasteiger partial charge in [-0.15, -0.1) is 0 Å². The zero-order valence-electron chi connectivity index (χ0n) is 13.6. The highest BCUT2D eigenvalue weighted by atomic mass is 35.5. The molecule has 8 heteroatoms. The third kappa shape index (κ3) is 3.32. The molecule has 2 heterocycles. The van der Waals surface area contributed by atoms with Crippen molar-refractivity contribution >= 4 is 39.9 Å². The number of benzene rings is 1. The van der Waals surface area contributed by atoms with Gasteiger partial charge in [0.05, 0.1) is 22.0 Å². The van der Waals surface area contributed by atoms with Gasteiger partial charge >= 0.3 is 0 Å². The van der Waals surface area contributed by atoms with E-state index in [0.29, 0.717) is 27.5 Å². The summed E-state index contributed by atoms with van der Waals surface area (Å²) in [5, 5.41) is 4.67. The van der Waals surface area contributed by atoms with Gasteiger partial charge in [-0.25, -0.2) is 4.98 Å². The van der Waals surface area contributed by atoms with Crippen LogP contribution in [0.4, 0.5) is 11.8 Å². The Morgan fingerprint density at radius 3 is 2.88 bits per heavy atom. The second-order valence-electron chi connectivity index (χ2n) is 5.67. The maximum Gasteiger partial charge on any atom is 0.257 e. The summed E-state index contributed by atoms with van der Waals surface area (Å²) in [7, 11) is 0. The van der Waals surface area contributed by atoms with E-state index in [-0.39, 0.29) is 23.3 Å². The number of nitrogens with one attached hydrogen (secondary N) is 2. The zero-order chi connectivity index (χ0) is 18.1. The third-order valence-corrected chi connectivity index (χ3v) is 4.16. The molecule has 0 saturated heterocycles. The van der Waals surface area contributed by atoms with E-state index in [1.807, 2.05) is 19.1 Å². The predicted molar refractivity (Wildman–Crippen MR) is 98.1 cm³/mol. The normalized spacial score (nSPS) is 12.1. The van der Waals surface area contributed by atoms with Crippen LogP contribution in [0.15, 0.2) is 35.3 Å². The fourth-order valence-electron chi connectivity index (χ4n) is 2.58. The van der Waals surface area contributed by atoms with Crippen LogP contribution in [0.1, 0.15) is 35.9 Å². The average Bonchev–Trinajstić information content (AvgIpc) is 2.54. The largest absolute Gasteiger partial charge is 0.368 e. The number of ketones is 1. The highest BCUT2D eigenvalue weighted by Crippen LogP contribution is 2.24. The number of nitrogens with zero attached hydrogens (tertiary/aromatic N) is 2. The van der Waals surface area contributed by atoms with Crippen LogP contribution in [0.5, 0.6) is 0 Å². The summed E-state index contributed by atoms with van der Waals surface area (Å²) in [5.41, 5.74) is 6.29. The Balaban J connectivity index is 2.01.